The fourth-order valence-electron chi connectivity index (χ4n) is 2.75. The van der Waals surface area contributed by atoms with Crippen LogP contribution < -0.4 is 0 Å². The third kappa shape index (κ3) is 4.06. The van der Waals surface area contributed by atoms with Crippen LogP contribution in [0.1, 0.15) is 18.1 Å². The van der Waals surface area contributed by atoms with Crippen molar-refractivity contribution in [1.82, 2.24) is 4.90 Å². The van der Waals surface area contributed by atoms with Crippen LogP contribution in [0.4, 0.5) is 0 Å². The number of hydrogen-bond acceptors (Lipinski definition) is 4. The summed E-state index contributed by atoms with van der Waals surface area (Å²) in [6.45, 7) is 5.77. The van der Waals surface area contributed by atoms with Crippen molar-refractivity contribution in [1.29, 1.82) is 0 Å². The van der Waals surface area contributed by atoms with Gasteiger partial charge in [-0.25, -0.2) is 0 Å². The molecule has 122 valence electrons. The summed E-state index contributed by atoms with van der Waals surface area (Å²) < 4.78 is 11.1. The molecule has 0 saturated carbocycles. The first-order valence-corrected chi connectivity index (χ1v) is 7.75. The summed E-state index contributed by atoms with van der Waals surface area (Å²) in [6.07, 6.45) is 0.592. The van der Waals surface area contributed by atoms with Crippen LogP contribution >= 0.6 is 0 Å². The van der Waals surface area contributed by atoms with Crippen LogP contribution in [0.25, 0.3) is 0 Å². The third-order valence-corrected chi connectivity index (χ3v) is 4.09. The Balaban J connectivity index is 2.08. The van der Waals surface area contributed by atoms with Gasteiger partial charge in [0.05, 0.1) is 19.8 Å². The van der Waals surface area contributed by atoms with Crippen LogP contribution in [-0.2, 0) is 20.7 Å². The molecule has 0 aliphatic carbocycles. The number of aryl methyl sites for hydroxylation is 1. The maximum Gasteiger partial charge on any atom is 0.248 e. The van der Waals surface area contributed by atoms with Crippen molar-refractivity contribution in [3.05, 3.63) is 35.4 Å². The molecule has 1 aromatic carbocycles. The fourth-order valence-corrected chi connectivity index (χ4v) is 2.75. The number of hydrogen-bond donors (Lipinski definition) is 1. The van der Waals surface area contributed by atoms with Gasteiger partial charge in [-0.1, -0.05) is 24.3 Å². The zero-order valence-electron chi connectivity index (χ0n) is 13.4. The van der Waals surface area contributed by atoms with Gasteiger partial charge in [0, 0.05) is 19.6 Å². The van der Waals surface area contributed by atoms with E-state index in [1.807, 2.05) is 38.1 Å². The number of carbonyl (C=O) groups excluding carboxylic acids is 1. The molecule has 1 unspecified atom stereocenters. The van der Waals surface area contributed by atoms with Crippen molar-refractivity contribution in [3.63, 3.8) is 0 Å². The topological polar surface area (TPSA) is 59.0 Å². The van der Waals surface area contributed by atoms with Gasteiger partial charge in [0.1, 0.15) is 12.2 Å². The van der Waals surface area contributed by atoms with E-state index < -0.39 is 5.60 Å². The minimum Gasteiger partial charge on any atom is -0.393 e. The van der Waals surface area contributed by atoms with E-state index in [2.05, 4.69) is 0 Å². The summed E-state index contributed by atoms with van der Waals surface area (Å²) in [5.41, 5.74) is 1.57. The molecule has 1 fully saturated rings. The molecule has 1 heterocycles. The SMILES string of the molecule is CCOCC(=O)N1CCOC(CO)(Cc2ccccc2C)C1. The summed E-state index contributed by atoms with van der Waals surface area (Å²) in [4.78, 5) is 13.9. The van der Waals surface area contributed by atoms with Crippen molar-refractivity contribution >= 4 is 5.91 Å². The van der Waals surface area contributed by atoms with Crippen molar-refractivity contribution in [3.8, 4) is 0 Å². The number of morpholine rings is 1. The molecule has 5 nitrogen and oxygen atoms in total. The Hall–Kier alpha value is -1.43. The number of rotatable bonds is 6. The van der Waals surface area contributed by atoms with Gasteiger partial charge < -0.3 is 19.5 Å². The molecule has 1 aliphatic rings. The van der Waals surface area contributed by atoms with Crippen molar-refractivity contribution < 1.29 is 19.4 Å². The lowest BCUT2D eigenvalue weighted by atomic mass is 9.91. The molecule has 1 aromatic rings. The summed E-state index contributed by atoms with van der Waals surface area (Å²) in [6, 6.07) is 8.05. The first-order valence-electron chi connectivity index (χ1n) is 7.75. The Morgan fingerprint density at radius 3 is 2.91 bits per heavy atom. The molecule has 1 atom stereocenters. The van der Waals surface area contributed by atoms with Gasteiger partial charge in [0.2, 0.25) is 5.91 Å². The molecular weight excluding hydrogens is 282 g/mol. The Labute approximate surface area is 131 Å². The lowest BCUT2D eigenvalue weighted by molar-refractivity contribution is -0.161. The minimum absolute atomic E-state index is 0.0484. The standard InChI is InChI=1S/C17H25NO4/c1-3-21-11-16(20)18-8-9-22-17(12-18,13-19)10-15-7-5-4-6-14(15)2/h4-7,19H,3,8-13H2,1-2H3. The van der Waals surface area contributed by atoms with Crippen LogP contribution in [0, 0.1) is 6.92 Å². The first kappa shape index (κ1) is 16.9. The molecular formula is C17H25NO4. The van der Waals surface area contributed by atoms with Gasteiger partial charge in [-0.05, 0) is 25.0 Å². The van der Waals surface area contributed by atoms with Crippen molar-refractivity contribution in [2.24, 2.45) is 0 Å². The molecule has 0 bridgehead atoms. The monoisotopic (exact) mass is 307 g/mol. The minimum atomic E-state index is -0.730. The van der Waals surface area contributed by atoms with E-state index in [9.17, 15) is 9.90 Å². The van der Waals surface area contributed by atoms with Crippen molar-refractivity contribution in [2.75, 3.05) is 39.5 Å². The molecule has 1 amide bonds. The second-order valence-corrected chi connectivity index (χ2v) is 5.75. The van der Waals surface area contributed by atoms with Gasteiger partial charge >= 0.3 is 0 Å². The van der Waals surface area contributed by atoms with E-state index >= 15 is 0 Å². The van der Waals surface area contributed by atoms with Gasteiger partial charge in [-0.15, -0.1) is 0 Å². The number of amides is 1. The zero-order chi connectivity index (χ0) is 16.0. The predicted octanol–water partition coefficient (Wildman–Crippen LogP) is 1.16. The fraction of sp³-hybridized carbons (Fsp3) is 0.588. The van der Waals surface area contributed by atoms with Crippen LogP contribution in [0.15, 0.2) is 24.3 Å². The largest absolute Gasteiger partial charge is 0.393 e. The maximum absolute atomic E-state index is 12.1. The molecule has 5 heteroatoms. The quantitative estimate of drug-likeness (QED) is 0.857. The van der Waals surface area contributed by atoms with Gasteiger partial charge in [-0.2, -0.15) is 0 Å². The van der Waals surface area contributed by atoms with E-state index in [-0.39, 0.29) is 19.1 Å². The van der Waals surface area contributed by atoms with Crippen LogP contribution in [-0.4, -0.2) is 61.0 Å². The summed E-state index contributed by atoms with van der Waals surface area (Å²) in [5.74, 6) is -0.0484. The number of carbonyl (C=O) groups is 1. The highest BCUT2D eigenvalue weighted by Gasteiger charge is 2.38. The summed E-state index contributed by atoms with van der Waals surface area (Å²) >= 11 is 0. The van der Waals surface area contributed by atoms with Gasteiger partial charge in [-0.3, -0.25) is 4.79 Å². The normalized spacial score (nSPS) is 21.9. The number of aliphatic hydroxyl groups excluding tert-OH is 1. The lowest BCUT2D eigenvalue weighted by Crippen LogP contribution is -2.57. The molecule has 1 aliphatic heterocycles. The highest BCUT2D eigenvalue weighted by molar-refractivity contribution is 5.77. The number of nitrogens with zero attached hydrogens (tertiary/aromatic N) is 1. The molecule has 1 saturated heterocycles. The molecule has 22 heavy (non-hydrogen) atoms. The van der Waals surface area contributed by atoms with E-state index in [0.717, 1.165) is 11.1 Å². The second-order valence-electron chi connectivity index (χ2n) is 5.75. The average molecular weight is 307 g/mol. The zero-order valence-corrected chi connectivity index (χ0v) is 13.4. The van der Waals surface area contributed by atoms with E-state index in [1.54, 1.807) is 4.90 Å². The van der Waals surface area contributed by atoms with Gasteiger partial charge in [0.15, 0.2) is 0 Å². The van der Waals surface area contributed by atoms with Gasteiger partial charge in [0.25, 0.3) is 0 Å². The summed E-state index contributed by atoms with van der Waals surface area (Å²) in [7, 11) is 0. The van der Waals surface area contributed by atoms with Crippen LogP contribution in [0.2, 0.25) is 0 Å². The highest BCUT2D eigenvalue weighted by atomic mass is 16.5. The highest BCUT2D eigenvalue weighted by Crippen LogP contribution is 2.24. The van der Waals surface area contributed by atoms with Crippen molar-refractivity contribution in [2.45, 2.75) is 25.9 Å². The first-order chi connectivity index (χ1) is 10.6. The predicted molar refractivity (Wildman–Crippen MR) is 83.7 cm³/mol. The third-order valence-electron chi connectivity index (χ3n) is 4.09. The molecule has 0 aromatic heterocycles. The van der Waals surface area contributed by atoms with E-state index in [4.69, 9.17) is 9.47 Å². The Morgan fingerprint density at radius 2 is 2.23 bits per heavy atom. The summed E-state index contributed by atoms with van der Waals surface area (Å²) in [5, 5.41) is 9.88. The maximum atomic E-state index is 12.1. The smallest absolute Gasteiger partial charge is 0.248 e. The number of benzene rings is 1. The Kier molecular flexibility index (Phi) is 5.94. The second kappa shape index (κ2) is 7.72. The molecule has 1 N–H and O–H groups in total. The average Bonchev–Trinajstić information content (AvgIpc) is 2.55. The van der Waals surface area contributed by atoms with E-state index in [0.29, 0.717) is 32.7 Å². The van der Waals surface area contributed by atoms with Crippen LogP contribution in [0.3, 0.4) is 0 Å². The Morgan fingerprint density at radius 1 is 1.45 bits per heavy atom. The number of aliphatic hydroxyl groups is 1. The molecule has 0 spiro atoms. The molecule has 0 radical (unpaired) electrons. The number of ether oxygens (including phenoxy) is 2. The van der Waals surface area contributed by atoms with Crippen LogP contribution in [0.5, 0.6) is 0 Å². The lowest BCUT2D eigenvalue weighted by Gasteiger charge is -2.42. The molecule has 2 rings (SSSR count). The van der Waals surface area contributed by atoms with E-state index in [1.165, 1.54) is 0 Å². The Bertz CT molecular complexity index is 505.